The van der Waals surface area contributed by atoms with Gasteiger partial charge in [-0.05, 0) is 51.5 Å². The Morgan fingerprint density at radius 2 is 1.97 bits per heavy atom. The lowest BCUT2D eigenvalue weighted by atomic mass is 9.98. The molecular formula is C27H33FN4O4S. The van der Waals surface area contributed by atoms with Crippen LogP contribution in [-0.4, -0.2) is 90.0 Å². The van der Waals surface area contributed by atoms with Crippen LogP contribution < -0.4 is 5.32 Å². The Labute approximate surface area is 220 Å². The fourth-order valence-corrected chi connectivity index (χ4v) is 6.47. The molecule has 2 amide bonds. The van der Waals surface area contributed by atoms with Crippen LogP contribution in [0.1, 0.15) is 53.9 Å². The number of halogens is 1. The molecule has 0 bridgehead atoms. The van der Waals surface area contributed by atoms with Crippen molar-refractivity contribution in [2.45, 2.75) is 62.9 Å². The molecule has 0 saturated carbocycles. The minimum absolute atomic E-state index is 0.185. The van der Waals surface area contributed by atoms with Gasteiger partial charge in [0.15, 0.2) is 5.78 Å². The number of hydrogen-bond acceptors (Lipinski definition) is 7. The fourth-order valence-electron chi connectivity index (χ4n) is 5.47. The Morgan fingerprint density at radius 3 is 2.68 bits per heavy atom. The number of Topliss-reactive ketones (excluding diaryl/α,β-unsaturated/α-hetero) is 1. The Balaban J connectivity index is 1.24. The van der Waals surface area contributed by atoms with Gasteiger partial charge in [0.25, 0.3) is 5.91 Å². The van der Waals surface area contributed by atoms with E-state index in [0.717, 1.165) is 42.2 Å². The fraction of sp³-hybridized carbons (Fsp3) is 0.556. The molecule has 1 aromatic heterocycles. The van der Waals surface area contributed by atoms with Gasteiger partial charge in [-0.25, -0.2) is 9.37 Å². The van der Waals surface area contributed by atoms with Crippen LogP contribution >= 0.6 is 11.3 Å². The number of rotatable bonds is 7. The summed E-state index contributed by atoms with van der Waals surface area (Å²) in [6.45, 7) is 3.70. The van der Waals surface area contributed by atoms with E-state index in [4.69, 9.17) is 9.72 Å². The summed E-state index contributed by atoms with van der Waals surface area (Å²) in [5, 5.41) is 6.04. The highest BCUT2D eigenvalue weighted by Gasteiger charge is 2.53. The molecule has 3 aliphatic heterocycles. The zero-order valence-electron chi connectivity index (χ0n) is 21.2. The number of ketones is 1. The van der Waals surface area contributed by atoms with E-state index in [2.05, 4.69) is 22.6 Å². The summed E-state index contributed by atoms with van der Waals surface area (Å²) in [5.41, 5.74) is 2.26. The average molecular weight is 529 g/mol. The summed E-state index contributed by atoms with van der Waals surface area (Å²) in [6, 6.07) is 5.44. The van der Waals surface area contributed by atoms with Crippen molar-refractivity contribution in [3.8, 4) is 11.3 Å². The number of thiazole rings is 1. The molecule has 3 saturated heterocycles. The SMILES string of the molecule is CCC[C@H](NC(=O)c1ccc(-c2csc(C3CCN(C)CC3)n2)cc1)C(=O)N1C[C@H](F)[C@H]2OCC(=O)[C@H]21. The van der Waals surface area contributed by atoms with Crippen molar-refractivity contribution in [1.82, 2.24) is 20.1 Å². The maximum Gasteiger partial charge on any atom is 0.251 e. The number of carbonyl (C=O) groups excluding carboxylic acids is 3. The number of ether oxygens (including phenoxy) is 1. The second-order valence-electron chi connectivity index (χ2n) is 10.2. The number of nitrogens with one attached hydrogen (secondary N) is 1. The second-order valence-corrected chi connectivity index (χ2v) is 11.1. The molecule has 1 aromatic carbocycles. The highest BCUT2D eigenvalue weighted by Crippen LogP contribution is 2.33. The summed E-state index contributed by atoms with van der Waals surface area (Å²) in [7, 11) is 2.15. The Morgan fingerprint density at radius 1 is 1.24 bits per heavy atom. The third kappa shape index (κ3) is 5.32. The van der Waals surface area contributed by atoms with Gasteiger partial charge < -0.3 is 19.9 Å². The van der Waals surface area contributed by atoms with Gasteiger partial charge in [0.05, 0.1) is 17.2 Å². The zero-order valence-corrected chi connectivity index (χ0v) is 22.0. The molecule has 0 unspecified atom stereocenters. The van der Waals surface area contributed by atoms with Crippen LogP contribution in [0.4, 0.5) is 4.39 Å². The number of likely N-dealkylation sites (tertiary alicyclic amines) is 2. The molecule has 3 fully saturated rings. The van der Waals surface area contributed by atoms with Crippen LogP contribution in [0.15, 0.2) is 29.6 Å². The molecule has 198 valence electrons. The number of aromatic nitrogens is 1. The van der Waals surface area contributed by atoms with E-state index in [1.54, 1.807) is 23.5 Å². The lowest BCUT2D eigenvalue weighted by Crippen LogP contribution is -2.52. The number of piperidine rings is 1. The van der Waals surface area contributed by atoms with Gasteiger partial charge in [0, 0.05) is 22.4 Å². The Kier molecular flexibility index (Phi) is 7.69. The summed E-state index contributed by atoms with van der Waals surface area (Å²) in [4.78, 5) is 46.9. The number of nitrogens with zero attached hydrogens (tertiary/aromatic N) is 3. The monoisotopic (exact) mass is 528 g/mol. The van der Waals surface area contributed by atoms with Crippen molar-refractivity contribution in [2.24, 2.45) is 0 Å². The number of alkyl halides is 1. The molecule has 10 heteroatoms. The predicted molar refractivity (Wildman–Crippen MR) is 138 cm³/mol. The molecule has 4 heterocycles. The largest absolute Gasteiger partial charge is 0.365 e. The van der Waals surface area contributed by atoms with Gasteiger partial charge in [-0.2, -0.15) is 0 Å². The van der Waals surface area contributed by atoms with Crippen LogP contribution in [0.25, 0.3) is 11.3 Å². The van der Waals surface area contributed by atoms with E-state index < -0.39 is 30.3 Å². The molecule has 4 atom stereocenters. The molecule has 0 aliphatic carbocycles. The predicted octanol–water partition coefficient (Wildman–Crippen LogP) is 3.03. The zero-order chi connectivity index (χ0) is 26.1. The third-order valence-electron chi connectivity index (χ3n) is 7.62. The minimum atomic E-state index is -1.41. The van der Waals surface area contributed by atoms with Crippen LogP contribution in [0.5, 0.6) is 0 Å². The molecule has 1 N–H and O–H groups in total. The highest BCUT2D eigenvalue weighted by atomic mass is 32.1. The quantitative estimate of drug-likeness (QED) is 0.594. The van der Waals surface area contributed by atoms with Gasteiger partial charge in [-0.3, -0.25) is 14.4 Å². The standard InChI is InChI=1S/C27H33FN4O4S/c1-3-4-20(27(35)32-13-19(28)24-23(32)22(33)14-36-24)29-25(34)17-7-5-16(6-8-17)21-15-37-26(30-21)18-9-11-31(2)12-10-18/h5-8,15,18-20,23-24H,3-4,9-14H2,1-2H3,(H,29,34)/t19-,20-,23+,24+/m0/s1. The van der Waals surface area contributed by atoms with Crippen molar-refractivity contribution in [2.75, 3.05) is 33.3 Å². The van der Waals surface area contributed by atoms with Crippen molar-refractivity contribution in [3.63, 3.8) is 0 Å². The van der Waals surface area contributed by atoms with Gasteiger partial charge in [0.2, 0.25) is 5.91 Å². The maximum atomic E-state index is 14.4. The maximum absolute atomic E-state index is 14.4. The van der Waals surface area contributed by atoms with Crippen molar-refractivity contribution >= 4 is 28.9 Å². The molecule has 0 radical (unpaired) electrons. The van der Waals surface area contributed by atoms with Crippen molar-refractivity contribution in [1.29, 1.82) is 0 Å². The number of amides is 2. The molecular weight excluding hydrogens is 495 g/mol. The summed E-state index contributed by atoms with van der Waals surface area (Å²) < 4.78 is 19.6. The smallest absolute Gasteiger partial charge is 0.251 e. The molecule has 3 aliphatic rings. The van der Waals surface area contributed by atoms with Crippen LogP contribution in [0, 0.1) is 0 Å². The summed E-state index contributed by atoms with van der Waals surface area (Å²) in [5.74, 6) is -0.621. The lowest BCUT2D eigenvalue weighted by molar-refractivity contribution is -0.138. The first-order valence-electron chi connectivity index (χ1n) is 13.0. The van der Waals surface area contributed by atoms with Crippen LogP contribution in [0.3, 0.4) is 0 Å². The minimum Gasteiger partial charge on any atom is -0.365 e. The summed E-state index contributed by atoms with van der Waals surface area (Å²) in [6.07, 6.45) is 0.952. The van der Waals surface area contributed by atoms with Gasteiger partial charge in [-0.15, -0.1) is 11.3 Å². The molecule has 8 nitrogen and oxygen atoms in total. The number of hydrogen-bond donors (Lipinski definition) is 1. The first-order chi connectivity index (χ1) is 17.9. The average Bonchev–Trinajstić information content (AvgIpc) is 3.62. The summed E-state index contributed by atoms with van der Waals surface area (Å²) >= 11 is 1.69. The van der Waals surface area contributed by atoms with E-state index in [9.17, 15) is 18.8 Å². The van der Waals surface area contributed by atoms with Gasteiger partial charge in [-0.1, -0.05) is 25.5 Å². The molecule has 0 spiro atoms. The van der Waals surface area contributed by atoms with E-state index in [0.29, 0.717) is 24.3 Å². The molecule has 2 aromatic rings. The van der Waals surface area contributed by atoms with E-state index in [-0.39, 0.29) is 24.8 Å². The normalized spacial score (nSPS) is 25.3. The van der Waals surface area contributed by atoms with E-state index in [1.807, 2.05) is 19.1 Å². The lowest BCUT2D eigenvalue weighted by Gasteiger charge is -2.27. The first kappa shape index (κ1) is 25.9. The topological polar surface area (TPSA) is 91.8 Å². The van der Waals surface area contributed by atoms with Gasteiger partial charge >= 0.3 is 0 Å². The highest BCUT2D eigenvalue weighted by molar-refractivity contribution is 7.10. The van der Waals surface area contributed by atoms with Crippen LogP contribution in [-0.2, 0) is 14.3 Å². The number of fused-ring (bicyclic) bond motifs is 1. The van der Waals surface area contributed by atoms with Crippen molar-refractivity contribution in [3.05, 3.63) is 40.2 Å². The molecule has 5 rings (SSSR count). The Bertz CT molecular complexity index is 1150. The number of benzene rings is 1. The van der Waals surface area contributed by atoms with Crippen LogP contribution in [0.2, 0.25) is 0 Å². The first-order valence-corrected chi connectivity index (χ1v) is 13.9. The third-order valence-corrected chi connectivity index (χ3v) is 8.63. The van der Waals surface area contributed by atoms with Gasteiger partial charge in [0.1, 0.15) is 31.0 Å². The number of carbonyl (C=O) groups is 3. The van der Waals surface area contributed by atoms with E-state index in [1.165, 1.54) is 4.90 Å². The molecule has 37 heavy (non-hydrogen) atoms. The second kappa shape index (κ2) is 11.0. The van der Waals surface area contributed by atoms with E-state index >= 15 is 0 Å². The Hall–Kier alpha value is -2.69. The van der Waals surface area contributed by atoms with Crippen molar-refractivity contribution < 1.29 is 23.5 Å².